The molecule has 1 heterocycles. The third-order valence-corrected chi connectivity index (χ3v) is 11.2. The topological polar surface area (TPSA) is 170 Å². The van der Waals surface area contributed by atoms with E-state index in [0.717, 1.165) is 37.4 Å². The first-order chi connectivity index (χ1) is 28.0. The first-order valence-electron chi connectivity index (χ1n) is 20.1. The number of furan rings is 1. The Hall–Kier alpha value is -4.95. The summed E-state index contributed by atoms with van der Waals surface area (Å²) in [5.74, 6) is 0.988. The van der Waals surface area contributed by atoms with Gasteiger partial charge in [0, 0.05) is 53.1 Å². The predicted octanol–water partition coefficient (Wildman–Crippen LogP) is 8.03. The van der Waals surface area contributed by atoms with E-state index in [9.17, 15) is 20.0 Å². The first-order valence-corrected chi connectivity index (χ1v) is 20.4. The van der Waals surface area contributed by atoms with E-state index in [0.29, 0.717) is 69.7 Å². The molecule has 320 valence electrons. The maximum atomic E-state index is 14.2. The highest BCUT2D eigenvalue weighted by molar-refractivity contribution is 6.32. The molecule has 5 N–H and O–H groups in total. The molecule has 0 aliphatic heterocycles. The van der Waals surface area contributed by atoms with E-state index in [-0.39, 0.29) is 24.8 Å². The summed E-state index contributed by atoms with van der Waals surface area (Å²) >= 11 is 6.39. The van der Waals surface area contributed by atoms with E-state index in [1.807, 2.05) is 58.9 Å². The number of amides is 1. The molecule has 4 rings (SSSR count). The molecule has 3 aromatic carbocycles. The van der Waals surface area contributed by atoms with Crippen molar-refractivity contribution in [3.8, 4) is 22.8 Å². The van der Waals surface area contributed by atoms with E-state index in [2.05, 4.69) is 45.0 Å². The maximum Gasteiger partial charge on any atom is 0.257 e. The summed E-state index contributed by atoms with van der Waals surface area (Å²) in [6.07, 6.45) is 0.920. The SMILES string of the molecule is CCN(CC)CCCOc1ccc(-c2oc3ccc(Cl)cc3c2C(=O)c2ccc(OCC(=O)NCC(C)(CNC(C)(C)/C(C)=N/O)CNC(C)(C)/C(C)=N/O)cc2)cc1. The Bertz CT molecular complexity index is 2040. The van der Waals surface area contributed by atoms with Gasteiger partial charge in [-0.1, -0.05) is 42.7 Å². The Morgan fingerprint density at radius 1 is 0.797 bits per heavy atom. The molecule has 1 aromatic heterocycles. The smallest absolute Gasteiger partial charge is 0.257 e. The van der Waals surface area contributed by atoms with Crippen LogP contribution in [0.15, 0.2) is 81.5 Å². The molecule has 14 heteroatoms. The molecule has 0 saturated carbocycles. The zero-order valence-electron chi connectivity index (χ0n) is 35.9. The number of hydrogen-bond donors (Lipinski definition) is 5. The molecular formula is C45H61ClN6O7. The van der Waals surface area contributed by atoms with Crippen LogP contribution in [0.2, 0.25) is 5.02 Å². The Labute approximate surface area is 353 Å². The van der Waals surface area contributed by atoms with Gasteiger partial charge < -0.3 is 45.2 Å². The van der Waals surface area contributed by atoms with Gasteiger partial charge in [-0.05, 0) is 128 Å². The van der Waals surface area contributed by atoms with Gasteiger partial charge in [-0.15, -0.1) is 0 Å². The summed E-state index contributed by atoms with van der Waals surface area (Å²) in [4.78, 5) is 29.6. The lowest BCUT2D eigenvalue weighted by Crippen LogP contribution is -2.57. The quantitative estimate of drug-likeness (QED) is 0.0162. The Morgan fingerprint density at radius 2 is 1.36 bits per heavy atom. The molecule has 0 bridgehead atoms. The average Bonchev–Trinajstić information content (AvgIpc) is 3.61. The van der Waals surface area contributed by atoms with Gasteiger partial charge in [0.25, 0.3) is 5.91 Å². The number of rotatable bonds is 23. The standard InChI is InChI=1S/C45H61ClN6O7/c1-10-52(11-2)23-12-24-57-35-20-15-33(16-21-35)42-40(37-25-34(46)17-22-38(37)59-42)41(54)32-13-18-36(19-14-32)58-26-39(53)47-27-45(9,28-48-43(5,6)30(3)50-55)29-49-44(7,8)31(4)51-56/h13-22,25,48-49,55-56H,10-12,23-24,26-29H2,1-9H3,(H,47,53)/b50-30+,51-31+. The maximum absolute atomic E-state index is 14.2. The molecule has 0 unspecified atom stereocenters. The molecule has 0 spiro atoms. The monoisotopic (exact) mass is 832 g/mol. The largest absolute Gasteiger partial charge is 0.494 e. The summed E-state index contributed by atoms with van der Waals surface area (Å²) in [6.45, 7) is 21.9. The molecule has 1 amide bonds. The molecule has 4 aromatic rings. The second-order valence-corrected chi connectivity index (χ2v) is 16.7. The van der Waals surface area contributed by atoms with Crippen molar-refractivity contribution in [2.75, 3.05) is 52.5 Å². The number of carbonyl (C=O) groups is 2. The summed E-state index contributed by atoms with van der Waals surface area (Å²) in [5.41, 5.74) is 1.32. The number of ketones is 1. The number of nitrogens with zero attached hydrogens (tertiary/aromatic N) is 3. The van der Waals surface area contributed by atoms with Crippen molar-refractivity contribution in [2.24, 2.45) is 15.7 Å². The number of oxime groups is 2. The predicted molar refractivity (Wildman–Crippen MR) is 235 cm³/mol. The highest BCUT2D eigenvalue weighted by Crippen LogP contribution is 2.37. The zero-order chi connectivity index (χ0) is 43.4. The van der Waals surface area contributed by atoms with Gasteiger partial charge in [-0.3, -0.25) is 9.59 Å². The number of carbonyl (C=O) groups excluding carboxylic acids is 2. The number of hydrogen-bond acceptors (Lipinski definition) is 12. The van der Waals surface area contributed by atoms with Gasteiger partial charge in [0.05, 0.1) is 34.7 Å². The van der Waals surface area contributed by atoms with Crippen LogP contribution in [0.3, 0.4) is 0 Å². The number of ether oxygens (including phenoxy) is 2. The van der Waals surface area contributed by atoms with E-state index in [1.165, 1.54) is 0 Å². The van der Waals surface area contributed by atoms with E-state index in [1.54, 1.807) is 56.3 Å². The zero-order valence-corrected chi connectivity index (χ0v) is 36.6. The fourth-order valence-corrected chi connectivity index (χ4v) is 6.31. The second kappa shape index (κ2) is 20.8. The fraction of sp³-hybridized carbons (Fsp3) is 0.467. The summed E-state index contributed by atoms with van der Waals surface area (Å²) in [6, 6.07) is 19.4. The lowest BCUT2D eigenvalue weighted by Gasteiger charge is -2.38. The number of nitrogens with one attached hydrogen (secondary N) is 3. The molecule has 59 heavy (non-hydrogen) atoms. The first kappa shape index (κ1) is 46.7. The Kier molecular flexibility index (Phi) is 16.5. The van der Waals surface area contributed by atoms with Crippen LogP contribution in [0, 0.1) is 5.41 Å². The molecule has 0 fully saturated rings. The fourth-order valence-electron chi connectivity index (χ4n) is 6.14. The Balaban J connectivity index is 1.43. The molecule has 0 saturated heterocycles. The van der Waals surface area contributed by atoms with Crippen molar-refractivity contribution >= 4 is 45.7 Å². The molecule has 0 radical (unpaired) electrons. The third kappa shape index (κ3) is 12.8. The molecular weight excluding hydrogens is 772 g/mol. The van der Waals surface area contributed by atoms with Crippen molar-refractivity contribution in [1.82, 2.24) is 20.9 Å². The molecule has 0 aliphatic rings. The van der Waals surface area contributed by atoms with Crippen molar-refractivity contribution < 1.29 is 33.9 Å². The lowest BCUT2D eigenvalue weighted by molar-refractivity contribution is -0.123. The van der Waals surface area contributed by atoms with Gasteiger partial charge in [0.2, 0.25) is 0 Å². The number of benzene rings is 3. The minimum Gasteiger partial charge on any atom is -0.494 e. The summed E-state index contributed by atoms with van der Waals surface area (Å²) in [7, 11) is 0. The minimum atomic E-state index is -0.611. The van der Waals surface area contributed by atoms with Crippen molar-refractivity contribution in [2.45, 2.75) is 79.8 Å². The van der Waals surface area contributed by atoms with Crippen molar-refractivity contribution in [3.05, 3.63) is 82.9 Å². The van der Waals surface area contributed by atoms with Gasteiger partial charge in [-0.25, -0.2) is 0 Å². The van der Waals surface area contributed by atoms with E-state index >= 15 is 0 Å². The number of fused-ring (bicyclic) bond motifs is 1. The normalized spacial score (nSPS) is 12.9. The molecule has 13 nitrogen and oxygen atoms in total. The molecule has 0 aliphatic carbocycles. The van der Waals surface area contributed by atoms with E-state index in [4.69, 9.17) is 25.5 Å². The highest BCUT2D eigenvalue weighted by Gasteiger charge is 2.33. The van der Waals surface area contributed by atoms with E-state index < -0.39 is 16.5 Å². The summed E-state index contributed by atoms with van der Waals surface area (Å²) in [5, 5.41) is 36.4. The van der Waals surface area contributed by atoms with Crippen LogP contribution < -0.4 is 25.4 Å². The van der Waals surface area contributed by atoms with Crippen LogP contribution in [0.5, 0.6) is 11.5 Å². The third-order valence-electron chi connectivity index (χ3n) is 11.0. The average molecular weight is 833 g/mol. The van der Waals surface area contributed by atoms with Crippen molar-refractivity contribution in [1.29, 1.82) is 0 Å². The molecule has 0 atom stereocenters. The number of halogens is 1. The van der Waals surface area contributed by atoms with Crippen LogP contribution in [-0.4, -0.2) is 102 Å². The minimum absolute atomic E-state index is 0.252. The van der Waals surface area contributed by atoms with Crippen LogP contribution in [0.1, 0.15) is 84.7 Å². The second-order valence-electron chi connectivity index (χ2n) is 16.3. The lowest BCUT2D eigenvalue weighted by atomic mass is 9.86. The Morgan fingerprint density at radius 3 is 1.92 bits per heavy atom. The summed E-state index contributed by atoms with van der Waals surface area (Å²) < 4.78 is 18.1. The van der Waals surface area contributed by atoms with Crippen LogP contribution in [0.25, 0.3) is 22.3 Å². The van der Waals surface area contributed by atoms with Gasteiger partial charge >= 0.3 is 0 Å². The van der Waals surface area contributed by atoms with Crippen molar-refractivity contribution in [3.63, 3.8) is 0 Å². The van der Waals surface area contributed by atoms with Crippen LogP contribution in [0.4, 0.5) is 0 Å². The van der Waals surface area contributed by atoms with Crippen LogP contribution in [-0.2, 0) is 4.79 Å². The van der Waals surface area contributed by atoms with Gasteiger partial charge in [0.1, 0.15) is 22.8 Å². The highest BCUT2D eigenvalue weighted by atomic mass is 35.5. The van der Waals surface area contributed by atoms with Crippen LogP contribution >= 0.6 is 11.6 Å². The van der Waals surface area contributed by atoms with Gasteiger partial charge in [-0.2, -0.15) is 0 Å². The van der Waals surface area contributed by atoms with Gasteiger partial charge in [0.15, 0.2) is 12.4 Å².